The molecule has 2 nitrogen and oxygen atoms in total. The van der Waals surface area contributed by atoms with Crippen LogP contribution < -0.4 is 10.4 Å². The third-order valence-corrected chi connectivity index (χ3v) is 8.43. The first-order valence-corrected chi connectivity index (χ1v) is 14.8. The maximum Gasteiger partial charge on any atom is 0.139 e. The van der Waals surface area contributed by atoms with Gasteiger partial charge in [0, 0.05) is 33.5 Å². The van der Waals surface area contributed by atoms with Crippen molar-refractivity contribution >= 4 is 62.9 Å². The lowest BCUT2D eigenvalue weighted by Crippen LogP contribution is -2.11. The highest BCUT2D eigenvalue weighted by molar-refractivity contribution is 6.32. The molecule has 7 aromatic carbocycles. The van der Waals surface area contributed by atoms with Crippen molar-refractivity contribution < 1.29 is 0 Å². The second-order valence-electron chi connectivity index (χ2n) is 11.2. The minimum atomic E-state index is 1.12. The van der Waals surface area contributed by atoms with E-state index in [1.807, 2.05) is 0 Å². The molecule has 0 unspecified atom stereocenters. The summed E-state index contributed by atoms with van der Waals surface area (Å²) in [6, 6.07) is 59.2. The summed E-state index contributed by atoms with van der Waals surface area (Å²) in [5.41, 5.74) is 10.6. The van der Waals surface area contributed by atoms with Crippen LogP contribution in [0.5, 0.6) is 0 Å². The van der Waals surface area contributed by atoms with Gasteiger partial charge in [-0.05, 0) is 88.6 Å². The van der Waals surface area contributed by atoms with Crippen molar-refractivity contribution in [1.82, 2.24) is 4.57 Å². The molecule has 3 heteroatoms. The lowest BCUT2D eigenvalue weighted by Gasteiger charge is -2.26. The van der Waals surface area contributed by atoms with Crippen LogP contribution in [0.1, 0.15) is 0 Å². The zero-order valence-electron chi connectivity index (χ0n) is 24.0. The van der Waals surface area contributed by atoms with Gasteiger partial charge in [0.2, 0.25) is 0 Å². The molecule has 8 aromatic rings. The Morgan fingerprint density at radius 1 is 0.419 bits per heavy atom. The number of anilines is 3. The van der Waals surface area contributed by atoms with E-state index in [2.05, 4.69) is 181 Å². The van der Waals surface area contributed by atoms with Crippen LogP contribution in [0.4, 0.5) is 17.1 Å². The molecule has 0 aliphatic carbocycles. The standard InChI is InChI=1S/C40H29BN2/c41-32-18-22-35(23-19-32)42(34-20-16-29(17-21-34)31-15-14-28-8-4-5-9-30(28)26-31)36-24-25-40-38(27-36)37-12-6-7-13-39(37)43(40)33-10-2-1-3-11-33/h1-27H,41H2. The molecule has 1 heterocycles. The highest BCUT2D eigenvalue weighted by Gasteiger charge is 2.17. The van der Waals surface area contributed by atoms with E-state index >= 15 is 0 Å². The summed E-state index contributed by atoms with van der Waals surface area (Å²) in [6.45, 7) is 0. The summed E-state index contributed by atoms with van der Waals surface area (Å²) >= 11 is 0. The minimum absolute atomic E-state index is 1.12. The maximum atomic E-state index is 2.36. The molecule has 1 aromatic heterocycles. The molecule has 0 spiro atoms. The summed E-state index contributed by atoms with van der Waals surface area (Å²) in [6.07, 6.45) is 0. The van der Waals surface area contributed by atoms with Gasteiger partial charge in [0.25, 0.3) is 0 Å². The van der Waals surface area contributed by atoms with Crippen LogP contribution in [0.25, 0.3) is 49.4 Å². The molecule has 0 aliphatic heterocycles. The fraction of sp³-hybridized carbons (Fsp3) is 0. The Labute approximate surface area is 252 Å². The number of aromatic nitrogens is 1. The number of para-hydroxylation sites is 2. The van der Waals surface area contributed by atoms with Crippen LogP contribution in [-0.2, 0) is 0 Å². The largest absolute Gasteiger partial charge is 0.310 e. The van der Waals surface area contributed by atoms with Crippen LogP contribution in [0, 0.1) is 0 Å². The first kappa shape index (κ1) is 25.2. The monoisotopic (exact) mass is 548 g/mol. The summed E-state index contributed by atoms with van der Waals surface area (Å²) in [5, 5.41) is 5.01. The van der Waals surface area contributed by atoms with Gasteiger partial charge in [0.1, 0.15) is 7.85 Å². The van der Waals surface area contributed by atoms with Crippen molar-refractivity contribution in [3.63, 3.8) is 0 Å². The topological polar surface area (TPSA) is 8.17 Å². The van der Waals surface area contributed by atoms with Crippen molar-refractivity contribution in [2.24, 2.45) is 0 Å². The molecule has 202 valence electrons. The van der Waals surface area contributed by atoms with Gasteiger partial charge in [-0.25, -0.2) is 0 Å². The summed E-state index contributed by atoms with van der Waals surface area (Å²) in [4.78, 5) is 2.36. The molecule has 0 saturated carbocycles. The van der Waals surface area contributed by atoms with Crippen molar-refractivity contribution in [3.8, 4) is 16.8 Å². The number of nitrogens with zero attached hydrogens (tertiary/aromatic N) is 2. The van der Waals surface area contributed by atoms with Gasteiger partial charge < -0.3 is 9.47 Å². The van der Waals surface area contributed by atoms with E-state index in [0.29, 0.717) is 0 Å². The van der Waals surface area contributed by atoms with Gasteiger partial charge >= 0.3 is 0 Å². The molecule has 8 rings (SSSR count). The van der Waals surface area contributed by atoms with Crippen LogP contribution in [0.3, 0.4) is 0 Å². The predicted octanol–water partition coefficient (Wildman–Crippen LogP) is 9.33. The second-order valence-corrected chi connectivity index (χ2v) is 11.2. The molecular weight excluding hydrogens is 519 g/mol. The molecule has 0 amide bonds. The second kappa shape index (κ2) is 10.4. The predicted molar refractivity (Wildman–Crippen MR) is 187 cm³/mol. The molecule has 0 radical (unpaired) electrons. The average molecular weight is 548 g/mol. The fourth-order valence-corrected chi connectivity index (χ4v) is 6.27. The molecular formula is C40H29BN2. The van der Waals surface area contributed by atoms with Crippen LogP contribution in [0.2, 0.25) is 0 Å². The van der Waals surface area contributed by atoms with Gasteiger partial charge in [-0.2, -0.15) is 0 Å². The average Bonchev–Trinajstić information content (AvgIpc) is 3.40. The highest BCUT2D eigenvalue weighted by atomic mass is 15.1. The van der Waals surface area contributed by atoms with Gasteiger partial charge in [-0.1, -0.05) is 103 Å². The number of hydrogen-bond acceptors (Lipinski definition) is 1. The minimum Gasteiger partial charge on any atom is -0.310 e. The fourth-order valence-electron chi connectivity index (χ4n) is 6.27. The summed E-state index contributed by atoms with van der Waals surface area (Å²) < 4.78 is 2.36. The molecule has 43 heavy (non-hydrogen) atoms. The Balaban J connectivity index is 1.27. The first-order chi connectivity index (χ1) is 21.2. The van der Waals surface area contributed by atoms with E-state index in [1.165, 1.54) is 54.9 Å². The Morgan fingerprint density at radius 3 is 1.81 bits per heavy atom. The van der Waals surface area contributed by atoms with E-state index in [4.69, 9.17) is 0 Å². The quantitative estimate of drug-likeness (QED) is 0.195. The van der Waals surface area contributed by atoms with E-state index in [-0.39, 0.29) is 0 Å². The van der Waals surface area contributed by atoms with Gasteiger partial charge in [-0.15, -0.1) is 0 Å². The molecule has 0 fully saturated rings. The Bertz CT molecular complexity index is 2230. The molecule has 0 atom stereocenters. The molecule has 0 bridgehead atoms. The number of benzene rings is 7. The first-order valence-electron chi connectivity index (χ1n) is 14.8. The van der Waals surface area contributed by atoms with Crippen LogP contribution in [-0.4, -0.2) is 12.4 Å². The lowest BCUT2D eigenvalue weighted by molar-refractivity contribution is 1.18. The van der Waals surface area contributed by atoms with E-state index < -0.39 is 0 Å². The van der Waals surface area contributed by atoms with Crippen molar-refractivity contribution in [2.75, 3.05) is 4.90 Å². The lowest BCUT2D eigenvalue weighted by atomic mass is 9.96. The molecule has 0 aliphatic rings. The zero-order valence-corrected chi connectivity index (χ0v) is 24.0. The van der Waals surface area contributed by atoms with Crippen molar-refractivity contribution in [1.29, 1.82) is 0 Å². The maximum absolute atomic E-state index is 2.36. The van der Waals surface area contributed by atoms with Gasteiger partial charge in [0.05, 0.1) is 11.0 Å². The van der Waals surface area contributed by atoms with E-state index in [1.54, 1.807) is 0 Å². The van der Waals surface area contributed by atoms with E-state index in [0.717, 1.165) is 17.1 Å². The normalized spacial score (nSPS) is 11.3. The van der Waals surface area contributed by atoms with Crippen LogP contribution in [0.15, 0.2) is 164 Å². The Morgan fingerprint density at radius 2 is 1.02 bits per heavy atom. The number of hydrogen-bond donors (Lipinski definition) is 0. The Hall–Kier alpha value is -5.54. The summed E-state index contributed by atoms with van der Waals surface area (Å²) in [7, 11) is 2.14. The molecule has 0 N–H and O–H groups in total. The van der Waals surface area contributed by atoms with Crippen molar-refractivity contribution in [3.05, 3.63) is 164 Å². The number of fused-ring (bicyclic) bond motifs is 4. The van der Waals surface area contributed by atoms with Gasteiger partial charge in [0.15, 0.2) is 0 Å². The van der Waals surface area contributed by atoms with E-state index in [9.17, 15) is 0 Å². The third kappa shape index (κ3) is 4.47. The molecule has 0 saturated heterocycles. The summed E-state index contributed by atoms with van der Waals surface area (Å²) in [5.74, 6) is 0. The van der Waals surface area contributed by atoms with Crippen LogP contribution >= 0.6 is 0 Å². The third-order valence-electron chi connectivity index (χ3n) is 8.43. The highest BCUT2D eigenvalue weighted by Crippen LogP contribution is 2.40. The SMILES string of the molecule is Bc1ccc(N(c2ccc(-c3ccc4ccccc4c3)cc2)c2ccc3c(c2)c2ccccc2n3-c2ccccc2)cc1. The Kier molecular flexibility index (Phi) is 6.08. The smallest absolute Gasteiger partial charge is 0.139 e. The zero-order chi connectivity index (χ0) is 28.8. The van der Waals surface area contributed by atoms with Crippen molar-refractivity contribution in [2.45, 2.75) is 0 Å². The van der Waals surface area contributed by atoms with Gasteiger partial charge in [-0.3, -0.25) is 0 Å². The number of rotatable bonds is 5.